The zero-order chi connectivity index (χ0) is 13.7. The van der Waals surface area contributed by atoms with E-state index in [0.717, 1.165) is 5.82 Å². The Morgan fingerprint density at radius 2 is 2.17 bits per heavy atom. The Hall–Kier alpha value is -2.09. The highest BCUT2D eigenvalue weighted by molar-refractivity contribution is 5.94. The summed E-state index contributed by atoms with van der Waals surface area (Å²) in [5, 5.41) is 8.65. The lowest BCUT2D eigenvalue weighted by Gasteiger charge is -2.23. The van der Waals surface area contributed by atoms with E-state index in [4.69, 9.17) is 5.26 Å². The monoisotopic (exact) mass is 246 g/mol. The van der Waals surface area contributed by atoms with E-state index in [2.05, 4.69) is 11.1 Å². The zero-order valence-electron chi connectivity index (χ0n) is 11.2. The van der Waals surface area contributed by atoms with Gasteiger partial charge in [-0.15, -0.1) is 0 Å². The van der Waals surface area contributed by atoms with Crippen LogP contribution in [0.2, 0.25) is 0 Å². The molecule has 1 aromatic rings. The van der Waals surface area contributed by atoms with E-state index in [0.29, 0.717) is 12.0 Å². The summed E-state index contributed by atoms with van der Waals surface area (Å²) in [5.74, 6) is 0.644. The van der Waals surface area contributed by atoms with Crippen molar-refractivity contribution in [2.75, 3.05) is 26.0 Å². The second-order valence-corrected chi connectivity index (χ2v) is 4.42. The van der Waals surface area contributed by atoms with Gasteiger partial charge >= 0.3 is 0 Å². The van der Waals surface area contributed by atoms with Crippen LogP contribution in [0.3, 0.4) is 0 Å². The third kappa shape index (κ3) is 3.20. The minimum Gasteiger partial charge on any atom is -0.363 e. The summed E-state index contributed by atoms with van der Waals surface area (Å²) >= 11 is 0. The highest BCUT2D eigenvalue weighted by Crippen LogP contribution is 2.13. The van der Waals surface area contributed by atoms with Gasteiger partial charge in [0.25, 0.3) is 5.91 Å². The fraction of sp³-hybridized carbons (Fsp3) is 0.462. The van der Waals surface area contributed by atoms with Crippen molar-refractivity contribution in [2.24, 2.45) is 0 Å². The van der Waals surface area contributed by atoms with Gasteiger partial charge in [-0.2, -0.15) is 5.26 Å². The standard InChI is InChI=1S/C13H18N4O/c1-10(5-7-14)17(4)13(18)11-6-8-15-12(9-11)16(2)3/h6,8-10H,5H2,1-4H3. The molecule has 5 nitrogen and oxygen atoms in total. The first-order valence-electron chi connectivity index (χ1n) is 5.75. The van der Waals surface area contributed by atoms with Crippen molar-refractivity contribution >= 4 is 11.7 Å². The summed E-state index contributed by atoms with van der Waals surface area (Å²) in [6.07, 6.45) is 1.94. The third-order valence-corrected chi connectivity index (χ3v) is 2.82. The van der Waals surface area contributed by atoms with Gasteiger partial charge in [0.15, 0.2) is 0 Å². The first kappa shape index (κ1) is 14.0. The smallest absolute Gasteiger partial charge is 0.254 e. The number of aromatic nitrogens is 1. The lowest BCUT2D eigenvalue weighted by molar-refractivity contribution is 0.0746. The van der Waals surface area contributed by atoms with Crippen molar-refractivity contribution in [3.63, 3.8) is 0 Å². The molecule has 5 heteroatoms. The lowest BCUT2D eigenvalue weighted by Crippen LogP contribution is -2.34. The molecule has 18 heavy (non-hydrogen) atoms. The molecular formula is C13H18N4O. The van der Waals surface area contributed by atoms with Crippen LogP contribution in [0, 0.1) is 11.3 Å². The van der Waals surface area contributed by atoms with Crippen LogP contribution in [-0.4, -0.2) is 43.0 Å². The number of carbonyl (C=O) groups excluding carboxylic acids is 1. The summed E-state index contributed by atoms with van der Waals surface area (Å²) in [6.45, 7) is 1.86. The van der Waals surface area contributed by atoms with Crippen LogP contribution in [-0.2, 0) is 0 Å². The van der Waals surface area contributed by atoms with Gasteiger partial charge < -0.3 is 9.80 Å². The second kappa shape index (κ2) is 6.01. The topological polar surface area (TPSA) is 60.2 Å². The van der Waals surface area contributed by atoms with E-state index < -0.39 is 0 Å². The van der Waals surface area contributed by atoms with Gasteiger partial charge in [0, 0.05) is 38.9 Å². The third-order valence-electron chi connectivity index (χ3n) is 2.82. The molecule has 0 aliphatic heterocycles. The average molecular weight is 246 g/mol. The van der Waals surface area contributed by atoms with Crippen molar-refractivity contribution in [2.45, 2.75) is 19.4 Å². The Balaban J connectivity index is 2.90. The number of hydrogen-bond donors (Lipinski definition) is 0. The van der Waals surface area contributed by atoms with Crippen LogP contribution >= 0.6 is 0 Å². The number of nitrogens with zero attached hydrogens (tertiary/aromatic N) is 4. The van der Waals surface area contributed by atoms with Crippen molar-refractivity contribution < 1.29 is 4.79 Å². The summed E-state index contributed by atoms with van der Waals surface area (Å²) in [6, 6.07) is 5.40. The number of hydrogen-bond acceptors (Lipinski definition) is 4. The van der Waals surface area contributed by atoms with Gasteiger partial charge in [-0.25, -0.2) is 4.98 Å². The molecule has 0 N–H and O–H groups in total. The largest absolute Gasteiger partial charge is 0.363 e. The molecule has 0 saturated carbocycles. The van der Waals surface area contributed by atoms with E-state index >= 15 is 0 Å². The SMILES string of the molecule is CC(CC#N)N(C)C(=O)c1ccnc(N(C)C)c1. The molecule has 0 aliphatic carbocycles. The van der Waals surface area contributed by atoms with E-state index in [9.17, 15) is 4.79 Å². The number of carbonyl (C=O) groups is 1. The molecule has 96 valence electrons. The van der Waals surface area contributed by atoms with Gasteiger partial charge in [-0.1, -0.05) is 0 Å². The first-order valence-corrected chi connectivity index (χ1v) is 5.75. The number of pyridine rings is 1. The molecule has 0 saturated heterocycles. The zero-order valence-corrected chi connectivity index (χ0v) is 11.2. The van der Waals surface area contributed by atoms with Crippen LogP contribution in [0.15, 0.2) is 18.3 Å². The molecule has 1 rings (SSSR count). The maximum Gasteiger partial charge on any atom is 0.254 e. The molecule has 0 fully saturated rings. The number of nitriles is 1. The van der Waals surface area contributed by atoms with E-state index in [1.165, 1.54) is 0 Å². The Bertz CT molecular complexity index is 464. The molecule has 1 amide bonds. The second-order valence-electron chi connectivity index (χ2n) is 4.42. The van der Waals surface area contributed by atoms with Crippen LogP contribution < -0.4 is 4.90 Å². The van der Waals surface area contributed by atoms with Crippen LogP contribution in [0.1, 0.15) is 23.7 Å². The molecule has 0 aliphatic rings. The lowest BCUT2D eigenvalue weighted by atomic mass is 10.1. The van der Waals surface area contributed by atoms with Gasteiger partial charge in [-0.05, 0) is 19.1 Å². The fourth-order valence-electron chi connectivity index (χ4n) is 1.47. The molecule has 0 bridgehead atoms. The Labute approximate surface area is 108 Å². The molecule has 1 heterocycles. The van der Waals surface area contributed by atoms with Crippen molar-refractivity contribution in [3.05, 3.63) is 23.9 Å². The summed E-state index contributed by atoms with van der Waals surface area (Å²) < 4.78 is 0. The molecule has 1 aromatic heterocycles. The van der Waals surface area contributed by atoms with E-state index in [1.54, 1.807) is 30.3 Å². The highest BCUT2D eigenvalue weighted by Gasteiger charge is 2.17. The average Bonchev–Trinajstić information content (AvgIpc) is 2.37. The van der Waals surface area contributed by atoms with Crippen molar-refractivity contribution in [1.29, 1.82) is 5.26 Å². The molecule has 1 unspecified atom stereocenters. The molecule has 1 atom stereocenters. The van der Waals surface area contributed by atoms with Gasteiger partial charge in [-0.3, -0.25) is 4.79 Å². The van der Waals surface area contributed by atoms with Gasteiger partial charge in [0.05, 0.1) is 12.5 Å². The predicted molar refractivity (Wildman–Crippen MR) is 70.3 cm³/mol. The fourth-order valence-corrected chi connectivity index (χ4v) is 1.47. The van der Waals surface area contributed by atoms with Crippen LogP contribution in [0.5, 0.6) is 0 Å². The number of amides is 1. The Morgan fingerprint density at radius 1 is 1.50 bits per heavy atom. The molecular weight excluding hydrogens is 228 g/mol. The van der Waals surface area contributed by atoms with Gasteiger partial charge in [0.1, 0.15) is 5.82 Å². The maximum atomic E-state index is 12.2. The highest BCUT2D eigenvalue weighted by atomic mass is 16.2. The molecule has 0 radical (unpaired) electrons. The summed E-state index contributed by atoms with van der Waals surface area (Å²) in [7, 11) is 5.46. The van der Waals surface area contributed by atoms with E-state index in [-0.39, 0.29) is 11.9 Å². The van der Waals surface area contributed by atoms with E-state index in [1.807, 2.05) is 25.9 Å². The van der Waals surface area contributed by atoms with Gasteiger partial charge in [0.2, 0.25) is 0 Å². The number of anilines is 1. The Morgan fingerprint density at radius 3 is 2.72 bits per heavy atom. The van der Waals surface area contributed by atoms with Crippen molar-refractivity contribution in [1.82, 2.24) is 9.88 Å². The molecule has 0 spiro atoms. The van der Waals surface area contributed by atoms with Crippen LogP contribution in [0.4, 0.5) is 5.82 Å². The maximum absolute atomic E-state index is 12.2. The minimum absolute atomic E-state index is 0.0942. The first-order chi connectivity index (χ1) is 8.47. The Kier molecular flexibility index (Phi) is 4.67. The number of rotatable bonds is 4. The molecule has 0 aromatic carbocycles. The quantitative estimate of drug-likeness (QED) is 0.808. The normalized spacial score (nSPS) is 11.5. The minimum atomic E-state index is -0.0986. The summed E-state index contributed by atoms with van der Waals surface area (Å²) in [5.41, 5.74) is 0.584. The predicted octanol–water partition coefficient (Wildman–Crippen LogP) is 1.52. The summed E-state index contributed by atoms with van der Waals surface area (Å²) in [4.78, 5) is 19.8. The van der Waals surface area contributed by atoms with Crippen molar-refractivity contribution in [3.8, 4) is 6.07 Å². The van der Waals surface area contributed by atoms with Crippen LogP contribution in [0.25, 0.3) is 0 Å².